The third-order valence-electron chi connectivity index (χ3n) is 5.79. The van der Waals surface area contributed by atoms with E-state index >= 15 is 0 Å². The molecule has 0 radical (unpaired) electrons. The van der Waals surface area contributed by atoms with Crippen LogP contribution in [0.15, 0.2) is 109 Å². The van der Waals surface area contributed by atoms with E-state index in [0.29, 0.717) is 6.42 Å². The van der Waals surface area contributed by atoms with Gasteiger partial charge in [0.25, 0.3) is 0 Å². The predicted octanol–water partition coefficient (Wildman–Crippen LogP) is 5.41. The molecule has 1 N–H and O–H groups in total. The van der Waals surface area contributed by atoms with Crippen LogP contribution in [-0.2, 0) is 16.6 Å². The molecule has 0 aliphatic heterocycles. The van der Waals surface area contributed by atoms with Gasteiger partial charge in [-0.15, -0.1) is 0 Å². The number of methoxy groups -OCH3 is 1. The molecule has 0 aliphatic rings. The molecule has 4 aromatic carbocycles. The van der Waals surface area contributed by atoms with Gasteiger partial charge in [-0.3, -0.25) is 0 Å². The van der Waals surface area contributed by atoms with Crippen molar-refractivity contribution in [3.05, 3.63) is 131 Å². The molecule has 0 fully saturated rings. The van der Waals surface area contributed by atoms with Crippen LogP contribution >= 0.6 is 7.80 Å². The SMILES string of the molecule is COc1ccc(Cc2ccccc2[PH](=O)CC(O)(c2ccccc2)c2ccccc2)cc1. The van der Waals surface area contributed by atoms with Gasteiger partial charge in [0, 0.05) is 11.5 Å². The van der Waals surface area contributed by atoms with E-state index in [1.54, 1.807) is 7.11 Å². The minimum Gasteiger partial charge on any atom is -0.497 e. The lowest BCUT2D eigenvalue weighted by molar-refractivity contribution is 0.106. The first-order valence-corrected chi connectivity index (χ1v) is 12.3. The highest BCUT2D eigenvalue weighted by atomic mass is 31.1. The Hall–Kier alpha value is -3.13. The first-order valence-electron chi connectivity index (χ1n) is 10.7. The minimum absolute atomic E-state index is 0.144. The number of rotatable bonds is 8. The summed E-state index contributed by atoms with van der Waals surface area (Å²) in [5.74, 6) is 0.811. The van der Waals surface area contributed by atoms with Gasteiger partial charge in [-0.1, -0.05) is 97.1 Å². The minimum atomic E-state index is -2.30. The number of hydrogen-bond donors (Lipinski definition) is 1. The lowest BCUT2D eigenvalue weighted by Crippen LogP contribution is -2.31. The van der Waals surface area contributed by atoms with Crippen molar-refractivity contribution < 1.29 is 14.4 Å². The third-order valence-corrected chi connectivity index (χ3v) is 7.71. The van der Waals surface area contributed by atoms with Gasteiger partial charge >= 0.3 is 0 Å². The smallest absolute Gasteiger partial charge is 0.121 e. The summed E-state index contributed by atoms with van der Waals surface area (Å²) < 4.78 is 19.0. The Morgan fingerprint density at radius 2 is 1.28 bits per heavy atom. The zero-order valence-corrected chi connectivity index (χ0v) is 19.1. The van der Waals surface area contributed by atoms with E-state index in [0.717, 1.165) is 33.3 Å². The Balaban J connectivity index is 1.66. The Kier molecular flexibility index (Phi) is 6.90. The molecule has 4 heteroatoms. The van der Waals surface area contributed by atoms with E-state index in [-0.39, 0.29) is 6.16 Å². The summed E-state index contributed by atoms with van der Waals surface area (Å²) in [6, 6.07) is 34.8. The molecular weight excluding hydrogens is 415 g/mol. The van der Waals surface area contributed by atoms with Crippen molar-refractivity contribution in [2.24, 2.45) is 0 Å². The zero-order valence-electron chi connectivity index (χ0n) is 18.1. The molecule has 0 saturated heterocycles. The summed E-state index contributed by atoms with van der Waals surface area (Å²) in [4.78, 5) is 0. The maximum Gasteiger partial charge on any atom is 0.121 e. The van der Waals surface area contributed by atoms with Crippen molar-refractivity contribution >= 4 is 13.1 Å². The predicted molar refractivity (Wildman–Crippen MR) is 132 cm³/mol. The van der Waals surface area contributed by atoms with E-state index in [1.807, 2.05) is 109 Å². The van der Waals surface area contributed by atoms with Crippen molar-refractivity contribution in [2.75, 3.05) is 13.3 Å². The van der Waals surface area contributed by atoms with Crippen LogP contribution in [0.5, 0.6) is 5.75 Å². The second kappa shape index (κ2) is 9.99. The Bertz CT molecular complexity index is 1130. The molecule has 1 unspecified atom stereocenters. The van der Waals surface area contributed by atoms with Crippen LogP contribution in [0.1, 0.15) is 22.3 Å². The second-order valence-corrected chi connectivity index (χ2v) is 9.61. The molecule has 162 valence electrons. The summed E-state index contributed by atoms with van der Waals surface area (Å²) >= 11 is 0. The third kappa shape index (κ3) is 4.85. The van der Waals surface area contributed by atoms with Crippen molar-refractivity contribution in [1.29, 1.82) is 0 Å². The number of ether oxygens (including phenoxy) is 1. The molecule has 1 atom stereocenters. The van der Waals surface area contributed by atoms with Crippen LogP contribution in [0.3, 0.4) is 0 Å². The van der Waals surface area contributed by atoms with Gasteiger partial charge in [-0.25, -0.2) is 0 Å². The summed E-state index contributed by atoms with van der Waals surface area (Å²) in [7, 11) is -0.654. The first kappa shape index (κ1) is 22.1. The first-order chi connectivity index (χ1) is 15.6. The molecule has 0 spiro atoms. The van der Waals surface area contributed by atoms with Crippen LogP contribution < -0.4 is 10.0 Å². The van der Waals surface area contributed by atoms with E-state index in [1.165, 1.54) is 0 Å². The van der Waals surface area contributed by atoms with Crippen molar-refractivity contribution in [3.63, 3.8) is 0 Å². The molecule has 3 nitrogen and oxygen atoms in total. The Morgan fingerprint density at radius 3 is 1.84 bits per heavy atom. The number of aliphatic hydroxyl groups is 1. The van der Waals surface area contributed by atoms with Gasteiger partial charge in [-0.05, 0) is 40.8 Å². The topological polar surface area (TPSA) is 46.5 Å². The highest BCUT2D eigenvalue weighted by Crippen LogP contribution is 2.38. The van der Waals surface area contributed by atoms with Gasteiger partial charge in [0.15, 0.2) is 0 Å². The molecule has 0 saturated carbocycles. The Labute approximate surface area is 190 Å². The largest absolute Gasteiger partial charge is 0.497 e. The summed E-state index contributed by atoms with van der Waals surface area (Å²) in [5, 5.41) is 12.7. The number of hydrogen-bond acceptors (Lipinski definition) is 3. The highest BCUT2D eigenvalue weighted by molar-refractivity contribution is 7.53. The average molecular weight is 442 g/mol. The van der Waals surface area contributed by atoms with Gasteiger partial charge in [0.05, 0.1) is 7.11 Å². The van der Waals surface area contributed by atoms with Gasteiger partial charge in [-0.2, -0.15) is 0 Å². The van der Waals surface area contributed by atoms with Gasteiger partial charge in [0.2, 0.25) is 0 Å². The normalized spacial score (nSPS) is 12.3. The maximum absolute atomic E-state index is 13.7. The fourth-order valence-electron chi connectivity index (χ4n) is 4.04. The molecule has 0 aliphatic carbocycles. The van der Waals surface area contributed by atoms with Crippen molar-refractivity contribution in [2.45, 2.75) is 12.0 Å². The van der Waals surface area contributed by atoms with E-state index < -0.39 is 13.4 Å². The summed E-state index contributed by atoms with van der Waals surface area (Å²) in [5.41, 5.74) is 2.31. The molecule has 0 heterocycles. The van der Waals surface area contributed by atoms with Crippen molar-refractivity contribution in [3.8, 4) is 5.75 Å². The average Bonchev–Trinajstić information content (AvgIpc) is 2.86. The standard InChI is InChI=1S/C28H27O3P/c1-31-26-18-16-22(17-19-26)20-23-10-8-9-15-27(23)32(30)21-28(29,24-11-4-2-5-12-24)25-13-6-3-7-14-25/h2-19,29,32H,20-21H2,1H3. The lowest BCUT2D eigenvalue weighted by Gasteiger charge is -2.29. The molecule has 32 heavy (non-hydrogen) atoms. The van der Waals surface area contributed by atoms with E-state index in [4.69, 9.17) is 4.74 Å². The maximum atomic E-state index is 13.7. The molecule has 4 rings (SSSR count). The Morgan fingerprint density at radius 1 is 0.750 bits per heavy atom. The van der Waals surface area contributed by atoms with Crippen LogP contribution in [-0.4, -0.2) is 18.4 Å². The van der Waals surface area contributed by atoms with Crippen molar-refractivity contribution in [1.82, 2.24) is 0 Å². The van der Waals surface area contributed by atoms with E-state index in [2.05, 4.69) is 0 Å². The van der Waals surface area contributed by atoms with E-state index in [9.17, 15) is 9.67 Å². The summed E-state index contributed by atoms with van der Waals surface area (Å²) in [6.07, 6.45) is 0.816. The highest BCUT2D eigenvalue weighted by Gasteiger charge is 2.34. The lowest BCUT2D eigenvalue weighted by atomic mass is 9.88. The second-order valence-electron chi connectivity index (χ2n) is 7.87. The number of benzene rings is 4. The van der Waals surface area contributed by atoms with Gasteiger partial charge < -0.3 is 14.4 Å². The van der Waals surface area contributed by atoms with Crippen LogP contribution in [0.4, 0.5) is 0 Å². The monoisotopic (exact) mass is 442 g/mol. The fraction of sp³-hybridized carbons (Fsp3) is 0.143. The zero-order chi connectivity index (χ0) is 22.4. The van der Waals surface area contributed by atoms with Crippen LogP contribution in [0.2, 0.25) is 0 Å². The quantitative estimate of drug-likeness (QED) is 0.371. The molecule has 0 amide bonds. The molecule has 4 aromatic rings. The molecule has 0 aromatic heterocycles. The van der Waals surface area contributed by atoms with Crippen LogP contribution in [0.25, 0.3) is 0 Å². The summed E-state index contributed by atoms with van der Waals surface area (Å²) in [6.45, 7) is 0. The van der Waals surface area contributed by atoms with Crippen LogP contribution in [0, 0.1) is 0 Å². The van der Waals surface area contributed by atoms with Gasteiger partial charge in [0.1, 0.15) is 19.2 Å². The molecule has 0 bridgehead atoms. The molecular formula is C28H27O3P. The fourth-order valence-corrected chi connectivity index (χ4v) is 5.91.